The number of alkyl halides is 2. The van der Waals surface area contributed by atoms with Gasteiger partial charge in [0.2, 0.25) is 11.8 Å². The summed E-state index contributed by atoms with van der Waals surface area (Å²) in [4.78, 5) is 29.1. The molecular formula is C17H26Cl2N2O2. The fourth-order valence-electron chi connectivity index (χ4n) is 3.86. The Balaban J connectivity index is 1.52. The van der Waals surface area contributed by atoms with Gasteiger partial charge in [-0.05, 0) is 39.0 Å². The smallest absolute Gasteiger partial charge is 0.231 e. The molecule has 6 heteroatoms. The number of amides is 2. The minimum Gasteiger partial charge on any atom is -0.342 e. The van der Waals surface area contributed by atoms with Crippen LogP contribution in [0.3, 0.4) is 0 Å². The van der Waals surface area contributed by atoms with Gasteiger partial charge in [0.1, 0.15) is 4.33 Å². The Kier molecular flexibility index (Phi) is 4.85. The van der Waals surface area contributed by atoms with Crippen molar-refractivity contribution in [3.05, 3.63) is 0 Å². The van der Waals surface area contributed by atoms with Gasteiger partial charge in [-0.1, -0.05) is 12.8 Å². The predicted molar refractivity (Wildman–Crippen MR) is 91.5 cm³/mol. The van der Waals surface area contributed by atoms with Gasteiger partial charge in [0, 0.05) is 32.1 Å². The Morgan fingerprint density at radius 3 is 1.91 bits per heavy atom. The Labute approximate surface area is 148 Å². The van der Waals surface area contributed by atoms with Crippen LogP contribution in [0.25, 0.3) is 0 Å². The van der Waals surface area contributed by atoms with E-state index in [0.717, 1.165) is 38.8 Å². The number of halogens is 2. The number of piperidine rings is 1. The van der Waals surface area contributed by atoms with Crippen LogP contribution in [-0.2, 0) is 9.59 Å². The molecule has 4 nitrogen and oxygen atoms in total. The fraction of sp³-hybridized carbons (Fsp3) is 0.882. The van der Waals surface area contributed by atoms with E-state index >= 15 is 0 Å². The van der Waals surface area contributed by atoms with Gasteiger partial charge in [-0.15, -0.1) is 23.2 Å². The number of hydrogen-bond donors (Lipinski definition) is 0. The van der Waals surface area contributed by atoms with Crippen LogP contribution in [-0.4, -0.2) is 52.1 Å². The lowest BCUT2D eigenvalue weighted by Crippen LogP contribution is -2.47. The first kappa shape index (κ1) is 17.3. The summed E-state index contributed by atoms with van der Waals surface area (Å²) in [5.41, 5.74) is -0.641. The van der Waals surface area contributed by atoms with E-state index in [9.17, 15) is 9.59 Å². The highest BCUT2D eigenvalue weighted by Gasteiger charge is 2.68. The van der Waals surface area contributed by atoms with Crippen molar-refractivity contribution in [3.63, 3.8) is 0 Å². The zero-order chi connectivity index (χ0) is 16.7. The highest BCUT2D eigenvalue weighted by molar-refractivity contribution is 6.53. The van der Waals surface area contributed by atoms with E-state index in [1.165, 1.54) is 12.8 Å². The van der Waals surface area contributed by atoms with E-state index in [2.05, 4.69) is 0 Å². The highest BCUT2D eigenvalue weighted by atomic mass is 35.5. The second kappa shape index (κ2) is 6.44. The van der Waals surface area contributed by atoms with Crippen LogP contribution < -0.4 is 0 Å². The second-order valence-corrected chi connectivity index (χ2v) is 9.00. The van der Waals surface area contributed by atoms with Gasteiger partial charge in [-0.2, -0.15) is 0 Å². The standard InChI is InChI=1S/C17H26Cl2N2O2/c1-16(12-17(16,18)19)15(23)21-10-6-13(7-11-21)14(22)20-8-4-2-3-5-9-20/h13H,2-12H2,1H3. The van der Waals surface area contributed by atoms with E-state index in [1.807, 2.05) is 16.7 Å². The van der Waals surface area contributed by atoms with Gasteiger partial charge >= 0.3 is 0 Å². The van der Waals surface area contributed by atoms with Crippen molar-refractivity contribution in [3.8, 4) is 0 Å². The average molecular weight is 361 g/mol. The van der Waals surface area contributed by atoms with E-state index in [4.69, 9.17) is 23.2 Å². The third kappa shape index (κ3) is 3.34. The molecule has 2 aliphatic heterocycles. The second-order valence-electron chi connectivity index (χ2n) is 7.52. The van der Waals surface area contributed by atoms with Gasteiger partial charge in [0.25, 0.3) is 0 Å². The summed E-state index contributed by atoms with van der Waals surface area (Å²) >= 11 is 12.2. The summed E-state index contributed by atoms with van der Waals surface area (Å²) < 4.78 is -0.914. The summed E-state index contributed by atoms with van der Waals surface area (Å²) in [6.07, 6.45) is 6.74. The molecule has 3 fully saturated rings. The molecule has 0 bridgehead atoms. The minimum absolute atomic E-state index is 0.0446. The lowest BCUT2D eigenvalue weighted by atomic mass is 9.94. The number of likely N-dealkylation sites (tertiary alicyclic amines) is 2. The molecule has 2 saturated heterocycles. The van der Waals surface area contributed by atoms with Crippen molar-refractivity contribution in [1.29, 1.82) is 0 Å². The van der Waals surface area contributed by atoms with Crippen molar-refractivity contribution >= 4 is 35.0 Å². The van der Waals surface area contributed by atoms with Crippen LogP contribution in [0, 0.1) is 11.3 Å². The predicted octanol–water partition coefficient (Wildman–Crippen LogP) is 3.21. The van der Waals surface area contributed by atoms with Crippen molar-refractivity contribution in [1.82, 2.24) is 9.80 Å². The van der Waals surface area contributed by atoms with Crippen molar-refractivity contribution in [2.45, 2.75) is 56.2 Å². The molecule has 0 aromatic rings. The third-order valence-corrected chi connectivity index (χ3v) is 6.88. The highest BCUT2D eigenvalue weighted by Crippen LogP contribution is 2.64. The quantitative estimate of drug-likeness (QED) is 0.709. The van der Waals surface area contributed by atoms with Crippen LogP contribution in [0.15, 0.2) is 0 Å². The molecule has 130 valence electrons. The molecule has 0 radical (unpaired) electrons. The van der Waals surface area contributed by atoms with E-state index in [0.29, 0.717) is 25.4 Å². The zero-order valence-corrected chi connectivity index (χ0v) is 15.3. The maximum Gasteiger partial charge on any atom is 0.231 e. The molecule has 1 aliphatic carbocycles. The first-order valence-electron chi connectivity index (χ1n) is 8.81. The first-order valence-corrected chi connectivity index (χ1v) is 9.57. The SMILES string of the molecule is CC1(C(=O)N2CCC(C(=O)N3CCCCCC3)CC2)CC1(Cl)Cl. The van der Waals surface area contributed by atoms with Gasteiger partial charge in [-0.25, -0.2) is 0 Å². The summed E-state index contributed by atoms with van der Waals surface area (Å²) in [5, 5.41) is 0. The topological polar surface area (TPSA) is 40.6 Å². The fourth-order valence-corrected chi connectivity index (χ4v) is 4.56. The molecule has 1 saturated carbocycles. The van der Waals surface area contributed by atoms with Crippen molar-refractivity contribution in [2.24, 2.45) is 11.3 Å². The molecule has 2 heterocycles. The minimum atomic E-state index is -0.914. The Morgan fingerprint density at radius 1 is 0.913 bits per heavy atom. The molecule has 23 heavy (non-hydrogen) atoms. The average Bonchev–Trinajstić information content (AvgIpc) is 3.17. The molecule has 0 aromatic heterocycles. The normalized spacial score (nSPS) is 31.6. The largest absolute Gasteiger partial charge is 0.342 e. The van der Waals surface area contributed by atoms with Crippen LogP contribution in [0.2, 0.25) is 0 Å². The lowest BCUT2D eigenvalue weighted by molar-refractivity contribution is -0.143. The van der Waals surface area contributed by atoms with Gasteiger partial charge < -0.3 is 9.80 Å². The van der Waals surface area contributed by atoms with E-state index in [-0.39, 0.29) is 11.8 Å². The molecule has 0 aromatic carbocycles. The number of carbonyl (C=O) groups is 2. The zero-order valence-electron chi connectivity index (χ0n) is 13.8. The maximum absolute atomic E-state index is 12.7. The monoisotopic (exact) mass is 360 g/mol. The number of carbonyl (C=O) groups excluding carboxylic acids is 2. The Hall–Kier alpha value is -0.480. The first-order chi connectivity index (χ1) is 10.8. The van der Waals surface area contributed by atoms with Crippen molar-refractivity contribution in [2.75, 3.05) is 26.2 Å². The van der Waals surface area contributed by atoms with Gasteiger partial charge in [0.05, 0.1) is 5.41 Å². The summed E-state index contributed by atoms with van der Waals surface area (Å²) in [6.45, 7) is 4.92. The van der Waals surface area contributed by atoms with Gasteiger partial charge in [0.15, 0.2) is 0 Å². The van der Waals surface area contributed by atoms with Crippen LogP contribution >= 0.6 is 23.2 Å². The number of nitrogens with zero attached hydrogens (tertiary/aromatic N) is 2. The lowest BCUT2D eigenvalue weighted by Gasteiger charge is -2.35. The van der Waals surface area contributed by atoms with Gasteiger partial charge in [-0.3, -0.25) is 9.59 Å². The maximum atomic E-state index is 12.7. The van der Waals surface area contributed by atoms with Crippen molar-refractivity contribution < 1.29 is 9.59 Å². The number of hydrogen-bond acceptors (Lipinski definition) is 2. The number of rotatable bonds is 2. The molecule has 0 spiro atoms. The third-order valence-electron chi connectivity index (χ3n) is 5.78. The molecule has 1 unspecified atom stereocenters. The summed E-state index contributed by atoms with van der Waals surface area (Å²) in [6, 6.07) is 0. The van der Waals surface area contributed by atoms with E-state index in [1.54, 1.807) is 0 Å². The van der Waals surface area contributed by atoms with Crippen LogP contribution in [0.1, 0.15) is 51.9 Å². The summed E-state index contributed by atoms with van der Waals surface area (Å²) in [5.74, 6) is 0.407. The van der Waals surface area contributed by atoms with Crippen LogP contribution in [0.4, 0.5) is 0 Å². The molecule has 0 N–H and O–H groups in total. The Bertz CT molecular complexity index is 481. The van der Waals surface area contributed by atoms with E-state index < -0.39 is 9.75 Å². The molecular weight excluding hydrogens is 335 g/mol. The molecule has 2 amide bonds. The molecule has 1 atom stereocenters. The van der Waals surface area contributed by atoms with Crippen LogP contribution in [0.5, 0.6) is 0 Å². The molecule has 3 aliphatic rings. The summed E-state index contributed by atoms with van der Waals surface area (Å²) in [7, 11) is 0. The Morgan fingerprint density at radius 2 is 1.43 bits per heavy atom. The molecule has 3 rings (SSSR count).